The molecular weight excluding hydrogens is 236 g/mol. The Morgan fingerprint density at radius 2 is 1.89 bits per heavy atom. The summed E-state index contributed by atoms with van der Waals surface area (Å²) >= 11 is 0. The average Bonchev–Trinajstić information content (AvgIpc) is 2.81. The van der Waals surface area contributed by atoms with Crippen molar-refractivity contribution in [1.82, 2.24) is 9.55 Å². The highest BCUT2D eigenvalue weighted by atomic mass is 16.5. The summed E-state index contributed by atoms with van der Waals surface area (Å²) in [6.07, 6.45) is 2.06. The molecule has 1 aromatic carbocycles. The Bertz CT molecular complexity index is 744. The van der Waals surface area contributed by atoms with Gasteiger partial charge in [0.2, 0.25) is 0 Å². The number of methoxy groups -OCH3 is 1. The van der Waals surface area contributed by atoms with Crippen LogP contribution in [-0.2, 0) is 0 Å². The van der Waals surface area contributed by atoms with Gasteiger partial charge in [-0.15, -0.1) is 0 Å². The van der Waals surface area contributed by atoms with Crippen molar-refractivity contribution in [3.8, 4) is 11.4 Å². The predicted molar refractivity (Wildman–Crippen MR) is 77.1 cm³/mol. The molecule has 0 radical (unpaired) electrons. The van der Waals surface area contributed by atoms with Crippen molar-refractivity contribution in [2.24, 2.45) is 0 Å². The molecule has 0 saturated heterocycles. The van der Waals surface area contributed by atoms with Gasteiger partial charge >= 0.3 is 0 Å². The minimum Gasteiger partial charge on any atom is -0.497 e. The molecule has 3 rings (SSSR count). The van der Waals surface area contributed by atoms with Crippen LogP contribution >= 0.6 is 0 Å². The molecule has 2 heterocycles. The van der Waals surface area contributed by atoms with E-state index in [4.69, 9.17) is 4.74 Å². The summed E-state index contributed by atoms with van der Waals surface area (Å²) in [4.78, 5) is 4.63. The van der Waals surface area contributed by atoms with Crippen LogP contribution in [0.2, 0.25) is 0 Å². The van der Waals surface area contributed by atoms with Gasteiger partial charge in [0.05, 0.1) is 12.8 Å². The molecule has 0 saturated carbocycles. The molecule has 96 valence electrons. The highest BCUT2D eigenvalue weighted by molar-refractivity contribution is 5.78. The van der Waals surface area contributed by atoms with Gasteiger partial charge in [0.1, 0.15) is 11.4 Å². The first-order chi connectivity index (χ1) is 9.19. The SMILES string of the molecule is COc1ccc(-n2ccc3ccc(C)nc32)c(C)c1. The molecule has 0 fully saturated rings. The van der Waals surface area contributed by atoms with Gasteiger partial charge in [-0.2, -0.15) is 0 Å². The molecule has 3 heteroatoms. The van der Waals surface area contributed by atoms with Crippen molar-refractivity contribution in [3.63, 3.8) is 0 Å². The van der Waals surface area contributed by atoms with Gasteiger partial charge in [0.15, 0.2) is 0 Å². The summed E-state index contributed by atoms with van der Waals surface area (Å²) < 4.78 is 7.37. The second kappa shape index (κ2) is 4.43. The van der Waals surface area contributed by atoms with Crippen molar-refractivity contribution in [3.05, 3.63) is 53.9 Å². The second-order valence-electron chi connectivity index (χ2n) is 4.70. The number of hydrogen-bond acceptors (Lipinski definition) is 2. The van der Waals surface area contributed by atoms with Crippen molar-refractivity contribution < 1.29 is 4.74 Å². The minimum atomic E-state index is 0.877. The largest absolute Gasteiger partial charge is 0.497 e. The molecule has 0 unspecified atom stereocenters. The van der Waals surface area contributed by atoms with E-state index in [9.17, 15) is 0 Å². The number of benzene rings is 1. The lowest BCUT2D eigenvalue weighted by Crippen LogP contribution is -1.98. The second-order valence-corrected chi connectivity index (χ2v) is 4.70. The summed E-state index contributed by atoms with van der Waals surface area (Å²) in [5.41, 5.74) is 4.32. The maximum absolute atomic E-state index is 5.25. The molecule has 0 amide bonds. The third-order valence-electron chi connectivity index (χ3n) is 3.34. The van der Waals surface area contributed by atoms with Crippen LogP contribution in [0.15, 0.2) is 42.6 Å². The van der Waals surface area contributed by atoms with Gasteiger partial charge < -0.3 is 9.30 Å². The Kier molecular flexibility index (Phi) is 2.75. The fourth-order valence-electron chi connectivity index (χ4n) is 2.32. The highest BCUT2D eigenvalue weighted by Gasteiger charge is 2.07. The van der Waals surface area contributed by atoms with Gasteiger partial charge in [0.25, 0.3) is 0 Å². The Balaban J connectivity index is 2.21. The third kappa shape index (κ3) is 1.97. The molecule has 0 aliphatic carbocycles. The summed E-state index contributed by atoms with van der Waals surface area (Å²) in [7, 11) is 1.68. The van der Waals surface area contributed by atoms with E-state index < -0.39 is 0 Å². The lowest BCUT2D eigenvalue weighted by atomic mass is 10.2. The maximum atomic E-state index is 5.25. The van der Waals surface area contributed by atoms with Crippen LogP contribution in [0.3, 0.4) is 0 Å². The summed E-state index contributed by atoms with van der Waals surface area (Å²) in [5.74, 6) is 0.877. The molecule has 3 aromatic rings. The number of fused-ring (bicyclic) bond motifs is 1. The summed E-state index contributed by atoms with van der Waals surface area (Å²) in [6, 6.07) is 12.3. The number of aromatic nitrogens is 2. The summed E-state index contributed by atoms with van der Waals surface area (Å²) in [5, 5.41) is 1.15. The van der Waals surface area contributed by atoms with Crippen molar-refractivity contribution >= 4 is 11.0 Å². The first-order valence-corrected chi connectivity index (χ1v) is 6.29. The van der Waals surface area contributed by atoms with Crippen LogP contribution < -0.4 is 4.74 Å². The van der Waals surface area contributed by atoms with Gasteiger partial charge in [-0.1, -0.05) is 0 Å². The fourth-order valence-corrected chi connectivity index (χ4v) is 2.32. The van der Waals surface area contributed by atoms with Crippen LogP contribution in [0, 0.1) is 13.8 Å². The van der Waals surface area contributed by atoms with Crippen LogP contribution in [-0.4, -0.2) is 16.7 Å². The number of nitrogens with zero attached hydrogens (tertiary/aromatic N) is 2. The van der Waals surface area contributed by atoms with Crippen LogP contribution in [0.5, 0.6) is 5.75 Å². The lowest BCUT2D eigenvalue weighted by molar-refractivity contribution is 0.414. The highest BCUT2D eigenvalue weighted by Crippen LogP contribution is 2.24. The Hall–Kier alpha value is -2.29. The summed E-state index contributed by atoms with van der Waals surface area (Å²) in [6.45, 7) is 4.09. The van der Waals surface area contributed by atoms with E-state index >= 15 is 0 Å². The third-order valence-corrected chi connectivity index (χ3v) is 3.34. The molecule has 0 atom stereocenters. The standard InChI is InChI=1S/C16H16N2O/c1-11-10-14(19-3)6-7-15(11)18-9-8-13-5-4-12(2)17-16(13)18/h4-10H,1-3H3. The van der Waals surface area contributed by atoms with Crippen LogP contribution in [0.4, 0.5) is 0 Å². The Labute approximate surface area is 112 Å². The average molecular weight is 252 g/mol. The quantitative estimate of drug-likeness (QED) is 0.696. The van der Waals surface area contributed by atoms with Crippen molar-refractivity contribution in [1.29, 1.82) is 0 Å². The van der Waals surface area contributed by atoms with Crippen LogP contribution in [0.25, 0.3) is 16.7 Å². The molecule has 0 aliphatic rings. The zero-order chi connectivity index (χ0) is 13.4. The van der Waals surface area contributed by atoms with E-state index in [1.54, 1.807) is 7.11 Å². The first kappa shape index (κ1) is 11.8. The molecule has 3 nitrogen and oxygen atoms in total. The molecule has 0 bridgehead atoms. The van der Waals surface area contributed by atoms with Gasteiger partial charge in [0, 0.05) is 17.3 Å². The number of rotatable bonds is 2. The number of ether oxygens (including phenoxy) is 1. The molecule has 0 N–H and O–H groups in total. The Morgan fingerprint density at radius 3 is 2.63 bits per heavy atom. The van der Waals surface area contributed by atoms with E-state index in [-0.39, 0.29) is 0 Å². The van der Waals surface area contributed by atoms with Crippen molar-refractivity contribution in [2.45, 2.75) is 13.8 Å². The monoisotopic (exact) mass is 252 g/mol. The molecule has 0 aliphatic heterocycles. The molecule has 2 aromatic heterocycles. The van der Waals surface area contributed by atoms with Crippen LogP contribution in [0.1, 0.15) is 11.3 Å². The van der Waals surface area contributed by atoms with E-state index in [1.807, 2.05) is 25.1 Å². The molecule has 0 spiro atoms. The fraction of sp³-hybridized carbons (Fsp3) is 0.188. The van der Waals surface area contributed by atoms with Gasteiger partial charge in [-0.25, -0.2) is 4.98 Å². The molecule has 19 heavy (non-hydrogen) atoms. The number of pyridine rings is 1. The predicted octanol–water partition coefficient (Wildman–Crippen LogP) is 3.65. The number of aryl methyl sites for hydroxylation is 2. The minimum absolute atomic E-state index is 0.877. The van der Waals surface area contributed by atoms with E-state index in [0.717, 1.165) is 28.2 Å². The van der Waals surface area contributed by atoms with E-state index in [1.165, 1.54) is 5.56 Å². The smallest absolute Gasteiger partial charge is 0.144 e. The van der Waals surface area contributed by atoms with Crippen molar-refractivity contribution in [2.75, 3.05) is 7.11 Å². The van der Waals surface area contributed by atoms with Gasteiger partial charge in [-0.05, 0) is 55.8 Å². The topological polar surface area (TPSA) is 27.1 Å². The number of hydrogen-bond donors (Lipinski definition) is 0. The Morgan fingerprint density at radius 1 is 1.05 bits per heavy atom. The first-order valence-electron chi connectivity index (χ1n) is 6.29. The van der Waals surface area contributed by atoms with E-state index in [0.29, 0.717) is 0 Å². The molecular formula is C16H16N2O. The normalized spacial score (nSPS) is 10.9. The lowest BCUT2D eigenvalue weighted by Gasteiger charge is -2.10. The zero-order valence-corrected chi connectivity index (χ0v) is 11.3. The maximum Gasteiger partial charge on any atom is 0.144 e. The van der Waals surface area contributed by atoms with Gasteiger partial charge in [-0.3, -0.25) is 0 Å². The zero-order valence-electron chi connectivity index (χ0n) is 11.3. The van der Waals surface area contributed by atoms with E-state index in [2.05, 4.69) is 40.9 Å².